The van der Waals surface area contributed by atoms with Crippen LogP contribution in [0.4, 0.5) is 4.39 Å². The van der Waals surface area contributed by atoms with Crippen LogP contribution in [0.1, 0.15) is 30.6 Å². The second-order valence-corrected chi connectivity index (χ2v) is 5.32. The molecule has 1 aliphatic rings. The largest absolute Gasteiger partial charge is 0.352 e. The number of amides is 1. The lowest BCUT2D eigenvalue weighted by Gasteiger charge is -2.20. The maximum atomic E-state index is 12.7. The third kappa shape index (κ3) is 3.73. The van der Waals surface area contributed by atoms with Crippen LogP contribution in [-0.2, 0) is 0 Å². The highest BCUT2D eigenvalue weighted by Crippen LogP contribution is 2.17. The molecular formula is C14H20FN3O. The topological polar surface area (TPSA) is 45.2 Å². The minimum atomic E-state index is -0.570. The van der Waals surface area contributed by atoms with Crippen LogP contribution >= 0.6 is 0 Å². The highest BCUT2D eigenvalue weighted by atomic mass is 19.1. The van der Waals surface area contributed by atoms with E-state index < -0.39 is 5.95 Å². The number of nitrogens with zero attached hydrogens (tertiary/aromatic N) is 2. The summed E-state index contributed by atoms with van der Waals surface area (Å²) in [6, 6.07) is 3.21. The van der Waals surface area contributed by atoms with E-state index in [9.17, 15) is 9.18 Å². The van der Waals surface area contributed by atoms with Crippen molar-refractivity contribution < 1.29 is 9.18 Å². The number of aromatic nitrogens is 1. The highest BCUT2D eigenvalue weighted by molar-refractivity contribution is 5.93. The van der Waals surface area contributed by atoms with E-state index in [1.54, 1.807) is 0 Å². The summed E-state index contributed by atoms with van der Waals surface area (Å²) in [5, 5.41) is 2.89. The van der Waals surface area contributed by atoms with E-state index in [-0.39, 0.29) is 5.91 Å². The first kappa shape index (κ1) is 13.9. The first-order chi connectivity index (χ1) is 9.06. The average Bonchev–Trinajstić information content (AvgIpc) is 2.86. The Bertz CT molecular complexity index is 433. The summed E-state index contributed by atoms with van der Waals surface area (Å²) in [5.74, 6) is -0.254. The molecule has 0 aliphatic carbocycles. The van der Waals surface area contributed by atoms with Crippen LogP contribution < -0.4 is 5.32 Å². The van der Waals surface area contributed by atoms with E-state index in [4.69, 9.17) is 0 Å². The molecule has 4 nitrogen and oxygen atoms in total. The molecule has 1 N–H and O–H groups in total. The molecule has 1 saturated heterocycles. The lowest BCUT2D eigenvalue weighted by atomic mass is 10.1. The summed E-state index contributed by atoms with van der Waals surface area (Å²) in [6.45, 7) is 7.16. The number of likely N-dealkylation sites (tertiary alicyclic amines) is 1. The Kier molecular flexibility index (Phi) is 4.47. The van der Waals surface area contributed by atoms with Crippen molar-refractivity contribution in [2.75, 3.05) is 19.6 Å². The van der Waals surface area contributed by atoms with Gasteiger partial charge in [0.2, 0.25) is 5.95 Å². The van der Waals surface area contributed by atoms with Gasteiger partial charge in [0.05, 0.1) is 5.56 Å². The van der Waals surface area contributed by atoms with Crippen molar-refractivity contribution in [3.05, 3.63) is 29.8 Å². The second-order valence-electron chi connectivity index (χ2n) is 5.32. The molecule has 0 bridgehead atoms. The first-order valence-electron chi connectivity index (χ1n) is 6.70. The Labute approximate surface area is 113 Å². The molecule has 0 radical (unpaired) electrons. The van der Waals surface area contributed by atoms with Gasteiger partial charge in [-0.1, -0.05) is 0 Å². The van der Waals surface area contributed by atoms with Crippen LogP contribution in [0.25, 0.3) is 0 Å². The van der Waals surface area contributed by atoms with Crippen molar-refractivity contribution in [1.82, 2.24) is 15.2 Å². The molecule has 2 rings (SSSR count). The lowest BCUT2D eigenvalue weighted by Crippen LogP contribution is -2.33. The van der Waals surface area contributed by atoms with Gasteiger partial charge in [0.15, 0.2) is 0 Å². The van der Waals surface area contributed by atoms with E-state index in [0.717, 1.165) is 19.5 Å². The molecule has 1 aromatic heterocycles. The standard InChI is InChI=1S/C14H20FN3O/c1-10(2)18-6-5-11(9-18)7-17-14(19)12-3-4-13(15)16-8-12/h3-4,8,10-11H,5-7,9H2,1-2H3,(H,17,19). The highest BCUT2D eigenvalue weighted by Gasteiger charge is 2.24. The Morgan fingerprint density at radius 2 is 2.37 bits per heavy atom. The third-order valence-electron chi connectivity index (χ3n) is 3.59. The van der Waals surface area contributed by atoms with Crippen molar-refractivity contribution in [1.29, 1.82) is 0 Å². The van der Waals surface area contributed by atoms with Crippen molar-refractivity contribution in [3.63, 3.8) is 0 Å². The molecule has 19 heavy (non-hydrogen) atoms. The summed E-state index contributed by atoms with van der Waals surface area (Å²) in [7, 11) is 0. The van der Waals surface area contributed by atoms with Crippen molar-refractivity contribution in [2.24, 2.45) is 5.92 Å². The molecule has 1 unspecified atom stereocenters. The molecule has 0 saturated carbocycles. The number of carbonyl (C=O) groups is 1. The van der Waals surface area contributed by atoms with E-state index in [1.165, 1.54) is 18.3 Å². The molecular weight excluding hydrogens is 245 g/mol. The predicted molar refractivity (Wildman–Crippen MR) is 71.3 cm³/mol. The number of hydrogen-bond donors (Lipinski definition) is 1. The lowest BCUT2D eigenvalue weighted by molar-refractivity contribution is 0.0946. The number of nitrogens with one attached hydrogen (secondary N) is 1. The molecule has 2 heterocycles. The normalized spacial score (nSPS) is 19.9. The minimum absolute atomic E-state index is 0.185. The Morgan fingerprint density at radius 3 is 2.95 bits per heavy atom. The van der Waals surface area contributed by atoms with Crippen molar-refractivity contribution in [2.45, 2.75) is 26.3 Å². The van der Waals surface area contributed by atoms with E-state index in [2.05, 4.69) is 29.0 Å². The summed E-state index contributed by atoms with van der Waals surface area (Å²) in [6.07, 6.45) is 2.37. The number of carbonyl (C=O) groups excluding carboxylic acids is 1. The van der Waals surface area contributed by atoms with Crippen LogP contribution in [0.2, 0.25) is 0 Å². The molecule has 104 valence electrons. The molecule has 1 amide bonds. The zero-order chi connectivity index (χ0) is 13.8. The zero-order valence-corrected chi connectivity index (χ0v) is 11.4. The summed E-state index contributed by atoms with van der Waals surface area (Å²) in [5.41, 5.74) is 0.403. The van der Waals surface area contributed by atoms with Crippen LogP contribution in [-0.4, -0.2) is 41.5 Å². The molecule has 1 fully saturated rings. The fourth-order valence-electron chi connectivity index (χ4n) is 2.35. The van der Waals surface area contributed by atoms with Gasteiger partial charge >= 0.3 is 0 Å². The average molecular weight is 265 g/mol. The first-order valence-corrected chi connectivity index (χ1v) is 6.70. The zero-order valence-electron chi connectivity index (χ0n) is 11.4. The maximum absolute atomic E-state index is 12.7. The quantitative estimate of drug-likeness (QED) is 0.842. The Balaban J connectivity index is 1.80. The second kappa shape index (κ2) is 6.10. The summed E-state index contributed by atoms with van der Waals surface area (Å²) >= 11 is 0. The SMILES string of the molecule is CC(C)N1CCC(CNC(=O)c2ccc(F)nc2)C1. The minimum Gasteiger partial charge on any atom is -0.352 e. The van der Waals surface area contributed by atoms with E-state index >= 15 is 0 Å². The fourth-order valence-corrected chi connectivity index (χ4v) is 2.35. The van der Waals surface area contributed by atoms with E-state index in [0.29, 0.717) is 24.1 Å². The van der Waals surface area contributed by atoms with Gasteiger partial charge in [0.25, 0.3) is 5.91 Å². The van der Waals surface area contributed by atoms with Gasteiger partial charge < -0.3 is 10.2 Å². The number of pyridine rings is 1. The number of rotatable bonds is 4. The number of halogens is 1. The van der Waals surface area contributed by atoms with E-state index in [1.807, 2.05) is 0 Å². The van der Waals surface area contributed by atoms with Crippen LogP contribution in [0.3, 0.4) is 0 Å². The summed E-state index contributed by atoms with van der Waals surface area (Å²) in [4.78, 5) is 17.7. The van der Waals surface area contributed by atoms with Crippen LogP contribution in [0.5, 0.6) is 0 Å². The smallest absolute Gasteiger partial charge is 0.252 e. The number of hydrogen-bond acceptors (Lipinski definition) is 3. The van der Waals surface area contributed by atoms with Gasteiger partial charge in [0, 0.05) is 25.3 Å². The molecule has 5 heteroatoms. The third-order valence-corrected chi connectivity index (χ3v) is 3.59. The predicted octanol–water partition coefficient (Wildman–Crippen LogP) is 1.68. The molecule has 1 aliphatic heterocycles. The molecule has 0 aromatic carbocycles. The molecule has 0 spiro atoms. The summed E-state index contributed by atoms with van der Waals surface area (Å²) < 4.78 is 12.7. The monoisotopic (exact) mass is 265 g/mol. The maximum Gasteiger partial charge on any atom is 0.252 e. The van der Waals surface area contributed by atoms with Crippen LogP contribution in [0.15, 0.2) is 18.3 Å². The van der Waals surface area contributed by atoms with Gasteiger partial charge in [-0.3, -0.25) is 4.79 Å². The van der Waals surface area contributed by atoms with Crippen LogP contribution in [0, 0.1) is 11.9 Å². The van der Waals surface area contributed by atoms with Gasteiger partial charge in [-0.2, -0.15) is 4.39 Å². The van der Waals surface area contributed by atoms with Gasteiger partial charge in [-0.25, -0.2) is 4.98 Å². The molecule has 1 atom stereocenters. The van der Waals surface area contributed by atoms with Gasteiger partial charge in [-0.05, 0) is 44.9 Å². The Hall–Kier alpha value is -1.49. The fraction of sp³-hybridized carbons (Fsp3) is 0.571. The van der Waals surface area contributed by atoms with Crippen molar-refractivity contribution >= 4 is 5.91 Å². The Morgan fingerprint density at radius 1 is 1.58 bits per heavy atom. The molecule has 1 aromatic rings. The van der Waals surface area contributed by atoms with Gasteiger partial charge in [-0.15, -0.1) is 0 Å². The van der Waals surface area contributed by atoms with Crippen molar-refractivity contribution in [3.8, 4) is 0 Å². The van der Waals surface area contributed by atoms with Gasteiger partial charge in [0.1, 0.15) is 0 Å².